The van der Waals surface area contributed by atoms with Crippen molar-refractivity contribution in [2.24, 2.45) is 0 Å². The maximum atomic E-state index is 13.0. The smallest absolute Gasteiger partial charge is 0.256 e. The molecule has 0 aliphatic carbocycles. The van der Waals surface area contributed by atoms with Crippen LogP contribution in [-0.4, -0.2) is 56.9 Å². The minimum atomic E-state index is -3.60. The van der Waals surface area contributed by atoms with E-state index in [4.69, 9.17) is 0 Å². The SMILES string of the molecule is O=C(Nc1cccc(S(=O)(=O)N2CCCCC2)c1)c1ccccc1S[C@H]1CCS(=O)(=O)C1. The Balaban J connectivity index is 1.51. The number of carbonyl (C=O) groups is 1. The molecule has 2 aromatic carbocycles. The molecular weight excluding hydrogens is 468 g/mol. The Labute approximate surface area is 193 Å². The predicted molar refractivity (Wildman–Crippen MR) is 126 cm³/mol. The van der Waals surface area contributed by atoms with Crippen LogP contribution in [0.1, 0.15) is 36.0 Å². The van der Waals surface area contributed by atoms with Crippen LogP contribution in [0.3, 0.4) is 0 Å². The number of amides is 1. The number of thioether (sulfide) groups is 1. The van der Waals surface area contributed by atoms with Crippen LogP contribution in [0, 0.1) is 0 Å². The molecule has 7 nitrogen and oxygen atoms in total. The second-order valence-electron chi connectivity index (χ2n) is 8.09. The molecule has 0 unspecified atom stereocenters. The van der Waals surface area contributed by atoms with Crippen molar-refractivity contribution in [2.75, 3.05) is 29.9 Å². The van der Waals surface area contributed by atoms with Gasteiger partial charge in [0.15, 0.2) is 9.84 Å². The van der Waals surface area contributed by atoms with Crippen LogP contribution >= 0.6 is 11.8 Å². The lowest BCUT2D eigenvalue weighted by molar-refractivity contribution is 0.102. The molecule has 0 saturated carbocycles. The highest BCUT2D eigenvalue weighted by molar-refractivity contribution is 8.02. The number of nitrogens with one attached hydrogen (secondary N) is 1. The number of benzene rings is 2. The number of sulfonamides is 1. The average molecular weight is 495 g/mol. The minimum absolute atomic E-state index is 0.0769. The molecule has 4 rings (SSSR count). The Hall–Kier alpha value is -1.88. The lowest BCUT2D eigenvalue weighted by Gasteiger charge is -2.26. The molecule has 1 atom stereocenters. The Morgan fingerprint density at radius 1 is 1.03 bits per heavy atom. The Kier molecular flexibility index (Phi) is 6.94. The summed E-state index contributed by atoms with van der Waals surface area (Å²) in [4.78, 5) is 13.9. The number of sulfone groups is 1. The fourth-order valence-corrected chi connectivity index (χ4v) is 9.17. The molecule has 172 valence electrons. The molecule has 2 saturated heterocycles. The summed E-state index contributed by atoms with van der Waals surface area (Å²) in [6, 6.07) is 13.4. The topological polar surface area (TPSA) is 101 Å². The van der Waals surface area contributed by atoms with Crippen molar-refractivity contribution < 1.29 is 21.6 Å². The summed E-state index contributed by atoms with van der Waals surface area (Å²) >= 11 is 1.40. The zero-order chi connectivity index (χ0) is 22.8. The van der Waals surface area contributed by atoms with Gasteiger partial charge >= 0.3 is 0 Å². The molecule has 32 heavy (non-hydrogen) atoms. The van der Waals surface area contributed by atoms with Gasteiger partial charge < -0.3 is 5.32 Å². The van der Waals surface area contributed by atoms with Gasteiger partial charge in [-0.15, -0.1) is 11.8 Å². The monoisotopic (exact) mass is 494 g/mol. The van der Waals surface area contributed by atoms with Crippen LogP contribution in [0.15, 0.2) is 58.3 Å². The van der Waals surface area contributed by atoms with Gasteiger partial charge in [0.05, 0.1) is 22.0 Å². The van der Waals surface area contributed by atoms with E-state index >= 15 is 0 Å². The fraction of sp³-hybridized carbons (Fsp3) is 0.409. The zero-order valence-corrected chi connectivity index (χ0v) is 20.0. The normalized spacial score (nSPS) is 21.3. The van der Waals surface area contributed by atoms with Gasteiger partial charge in [-0.05, 0) is 49.6 Å². The first-order chi connectivity index (χ1) is 15.2. The van der Waals surface area contributed by atoms with E-state index in [-0.39, 0.29) is 27.6 Å². The summed E-state index contributed by atoms with van der Waals surface area (Å²) in [5.41, 5.74) is 0.836. The maximum Gasteiger partial charge on any atom is 0.256 e. The molecule has 0 aromatic heterocycles. The summed E-state index contributed by atoms with van der Waals surface area (Å²) in [5.74, 6) is -0.0668. The van der Waals surface area contributed by atoms with Crippen molar-refractivity contribution in [1.82, 2.24) is 4.31 Å². The average Bonchev–Trinajstić information content (AvgIpc) is 3.13. The minimum Gasteiger partial charge on any atom is -0.322 e. The van der Waals surface area contributed by atoms with E-state index in [0.717, 1.165) is 19.3 Å². The largest absolute Gasteiger partial charge is 0.322 e. The van der Waals surface area contributed by atoms with Crippen molar-refractivity contribution in [3.05, 3.63) is 54.1 Å². The molecule has 2 fully saturated rings. The lowest BCUT2D eigenvalue weighted by Crippen LogP contribution is -2.35. The van der Waals surface area contributed by atoms with Crippen molar-refractivity contribution >= 4 is 43.2 Å². The number of hydrogen-bond acceptors (Lipinski definition) is 6. The van der Waals surface area contributed by atoms with Gasteiger partial charge in [0.1, 0.15) is 0 Å². The van der Waals surface area contributed by atoms with Crippen LogP contribution in [0.2, 0.25) is 0 Å². The summed E-state index contributed by atoms with van der Waals surface area (Å²) in [6.45, 7) is 1.03. The second kappa shape index (κ2) is 9.54. The molecule has 2 aliphatic rings. The molecule has 2 aromatic rings. The highest BCUT2D eigenvalue weighted by Gasteiger charge is 2.30. The molecule has 1 amide bonds. The fourth-order valence-electron chi connectivity index (χ4n) is 3.98. The third kappa shape index (κ3) is 5.36. The summed E-state index contributed by atoms with van der Waals surface area (Å²) in [7, 11) is -6.61. The molecular formula is C22H26N2O5S3. The van der Waals surface area contributed by atoms with Crippen molar-refractivity contribution in [3.8, 4) is 0 Å². The summed E-state index contributed by atoms with van der Waals surface area (Å²) in [6.07, 6.45) is 3.31. The van der Waals surface area contributed by atoms with E-state index in [1.54, 1.807) is 30.3 Å². The molecule has 1 N–H and O–H groups in total. The predicted octanol–water partition coefficient (Wildman–Crippen LogP) is 3.39. The number of anilines is 1. The van der Waals surface area contributed by atoms with E-state index in [1.165, 1.54) is 22.1 Å². The maximum absolute atomic E-state index is 13.0. The number of nitrogens with zero attached hydrogens (tertiary/aromatic N) is 1. The highest BCUT2D eigenvalue weighted by Crippen LogP contribution is 2.33. The van der Waals surface area contributed by atoms with E-state index in [0.29, 0.717) is 35.7 Å². The standard InChI is InChI=1S/C22H26N2O5S3/c25-22(20-9-2-3-10-21(20)30-18-11-14-31(26,27)16-18)23-17-7-6-8-19(15-17)32(28,29)24-12-4-1-5-13-24/h2-3,6-10,15,18H,1,4-5,11-14,16H2,(H,23,25)/t18-/m0/s1. The number of carbonyl (C=O) groups excluding carboxylic acids is 1. The van der Waals surface area contributed by atoms with E-state index in [1.807, 2.05) is 12.1 Å². The van der Waals surface area contributed by atoms with Gasteiger partial charge in [0.2, 0.25) is 10.0 Å². The van der Waals surface area contributed by atoms with Gasteiger partial charge in [0.25, 0.3) is 5.91 Å². The Morgan fingerprint density at radius 3 is 2.50 bits per heavy atom. The molecule has 0 radical (unpaired) electrons. The first-order valence-electron chi connectivity index (χ1n) is 10.6. The third-order valence-corrected chi connectivity index (χ3v) is 10.9. The van der Waals surface area contributed by atoms with Crippen LogP contribution in [0.5, 0.6) is 0 Å². The number of hydrogen-bond donors (Lipinski definition) is 1. The zero-order valence-electron chi connectivity index (χ0n) is 17.6. The Morgan fingerprint density at radius 2 is 1.78 bits per heavy atom. The first kappa shape index (κ1) is 23.3. The molecule has 2 heterocycles. The van der Waals surface area contributed by atoms with Crippen LogP contribution in [-0.2, 0) is 19.9 Å². The summed E-state index contributed by atoms with van der Waals surface area (Å²) < 4.78 is 51.0. The first-order valence-corrected chi connectivity index (χ1v) is 14.8. The van der Waals surface area contributed by atoms with Gasteiger partial charge in [-0.2, -0.15) is 4.31 Å². The molecule has 10 heteroatoms. The van der Waals surface area contributed by atoms with Gasteiger partial charge in [-0.25, -0.2) is 16.8 Å². The van der Waals surface area contributed by atoms with Gasteiger partial charge in [-0.1, -0.05) is 24.6 Å². The van der Waals surface area contributed by atoms with Crippen molar-refractivity contribution in [1.29, 1.82) is 0 Å². The second-order valence-corrected chi connectivity index (χ2v) is 13.6. The van der Waals surface area contributed by atoms with Crippen LogP contribution in [0.4, 0.5) is 5.69 Å². The molecule has 0 bridgehead atoms. The lowest BCUT2D eigenvalue weighted by atomic mass is 10.2. The summed E-state index contributed by atoms with van der Waals surface area (Å²) in [5, 5.41) is 2.72. The number of rotatable bonds is 6. The molecule has 0 spiro atoms. The number of piperidine rings is 1. The quantitative estimate of drug-likeness (QED) is 0.661. The highest BCUT2D eigenvalue weighted by atomic mass is 32.2. The van der Waals surface area contributed by atoms with Crippen molar-refractivity contribution in [2.45, 2.75) is 40.7 Å². The van der Waals surface area contributed by atoms with E-state index < -0.39 is 19.9 Å². The third-order valence-electron chi connectivity index (χ3n) is 5.66. The van der Waals surface area contributed by atoms with Crippen LogP contribution in [0.25, 0.3) is 0 Å². The Bertz CT molecular complexity index is 1210. The van der Waals surface area contributed by atoms with Crippen LogP contribution < -0.4 is 5.32 Å². The van der Waals surface area contributed by atoms with Crippen molar-refractivity contribution in [3.63, 3.8) is 0 Å². The van der Waals surface area contributed by atoms with E-state index in [2.05, 4.69) is 5.32 Å². The van der Waals surface area contributed by atoms with Gasteiger partial charge in [-0.3, -0.25) is 4.79 Å². The molecule has 2 aliphatic heterocycles. The van der Waals surface area contributed by atoms with E-state index in [9.17, 15) is 21.6 Å². The van der Waals surface area contributed by atoms with Gasteiger partial charge in [0, 0.05) is 28.9 Å².